The first kappa shape index (κ1) is 11.3. The highest BCUT2D eigenvalue weighted by molar-refractivity contribution is 8.00. The molecule has 1 heterocycles. The Hall–Kier alpha value is -0.760. The molecule has 1 aromatic rings. The summed E-state index contributed by atoms with van der Waals surface area (Å²) in [5, 5.41) is 0.281. The van der Waals surface area contributed by atoms with E-state index in [0.717, 1.165) is 6.42 Å². The minimum Gasteiger partial charge on any atom is -0.298 e. The van der Waals surface area contributed by atoms with Gasteiger partial charge < -0.3 is 0 Å². The van der Waals surface area contributed by atoms with Crippen LogP contribution < -0.4 is 0 Å². The lowest BCUT2D eigenvalue weighted by Crippen LogP contribution is -2.16. The van der Waals surface area contributed by atoms with Gasteiger partial charge in [-0.1, -0.05) is 18.2 Å². The highest BCUT2D eigenvalue weighted by Gasteiger charge is 2.23. The molecule has 0 amide bonds. The lowest BCUT2D eigenvalue weighted by molar-refractivity contribution is -0.117. The van der Waals surface area contributed by atoms with Crippen LogP contribution in [0.15, 0.2) is 18.2 Å². The fourth-order valence-electron chi connectivity index (χ4n) is 2.88. The Morgan fingerprint density at radius 2 is 2.12 bits per heavy atom. The van der Waals surface area contributed by atoms with Gasteiger partial charge in [-0.2, -0.15) is 11.8 Å². The number of ketones is 1. The number of Topliss-reactive ketones (excluding diaryl/α,β-unsaturated/α-hetero) is 1. The van der Waals surface area contributed by atoms with Gasteiger partial charge in [0.05, 0.1) is 5.25 Å². The largest absolute Gasteiger partial charge is 0.298 e. The monoisotopic (exact) mass is 246 g/mol. The van der Waals surface area contributed by atoms with Crippen molar-refractivity contribution in [2.45, 2.75) is 43.8 Å². The van der Waals surface area contributed by atoms with Crippen molar-refractivity contribution in [3.05, 3.63) is 34.9 Å². The van der Waals surface area contributed by atoms with Crippen molar-refractivity contribution >= 4 is 17.5 Å². The molecule has 0 aromatic heterocycles. The topological polar surface area (TPSA) is 17.1 Å². The van der Waals surface area contributed by atoms with Crippen molar-refractivity contribution < 1.29 is 4.79 Å². The van der Waals surface area contributed by atoms with Crippen molar-refractivity contribution in [3.8, 4) is 0 Å². The summed E-state index contributed by atoms with van der Waals surface area (Å²) in [5.41, 5.74) is 4.20. The van der Waals surface area contributed by atoms with Crippen LogP contribution in [0.4, 0.5) is 0 Å². The van der Waals surface area contributed by atoms with Crippen molar-refractivity contribution in [1.29, 1.82) is 0 Å². The summed E-state index contributed by atoms with van der Waals surface area (Å²) in [5.74, 6) is 1.60. The summed E-state index contributed by atoms with van der Waals surface area (Å²) in [7, 11) is 0. The fourth-order valence-corrected chi connectivity index (χ4v) is 4.10. The summed E-state index contributed by atoms with van der Waals surface area (Å²) in [4.78, 5) is 12.1. The summed E-state index contributed by atoms with van der Waals surface area (Å²) in [6, 6.07) is 6.65. The van der Waals surface area contributed by atoms with Crippen LogP contribution in [0, 0.1) is 0 Å². The molecule has 3 rings (SSSR count). The van der Waals surface area contributed by atoms with Gasteiger partial charge in [-0.15, -0.1) is 0 Å². The Labute approximate surface area is 107 Å². The minimum absolute atomic E-state index is 0.281. The Bertz CT molecular complexity index is 433. The van der Waals surface area contributed by atoms with Gasteiger partial charge in [0.25, 0.3) is 0 Å². The van der Waals surface area contributed by atoms with E-state index in [1.54, 1.807) is 0 Å². The number of benzene rings is 1. The predicted molar refractivity (Wildman–Crippen MR) is 72.7 cm³/mol. The standard InChI is InChI=1S/C15H18OS/c16-14(15-5-2-8-17-15)10-11-6-7-12-3-1-4-13(12)9-11/h6-7,9,15H,1-5,8,10H2. The Kier molecular flexibility index (Phi) is 3.24. The van der Waals surface area contributed by atoms with Crippen LogP contribution in [0.2, 0.25) is 0 Å². The number of fused-ring (bicyclic) bond motifs is 1. The molecule has 1 fully saturated rings. The number of carbonyl (C=O) groups is 1. The van der Waals surface area contributed by atoms with Crippen LogP contribution in [0.3, 0.4) is 0 Å². The zero-order valence-corrected chi connectivity index (χ0v) is 10.9. The molecule has 2 heteroatoms. The third-order valence-electron chi connectivity index (χ3n) is 3.83. The molecule has 1 aliphatic carbocycles. The Morgan fingerprint density at radius 3 is 2.94 bits per heavy atom. The van der Waals surface area contributed by atoms with E-state index < -0.39 is 0 Å². The first-order valence-corrected chi connectivity index (χ1v) is 7.63. The molecule has 0 bridgehead atoms. The number of rotatable bonds is 3. The molecule has 0 radical (unpaired) electrons. The summed E-state index contributed by atoms with van der Waals surface area (Å²) in [6.07, 6.45) is 6.66. The molecule has 1 nitrogen and oxygen atoms in total. The van der Waals surface area contributed by atoms with Crippen molar-refractivity contribution in [2.75, 3.05) is 5.75 Å². The van der Waals surface area contributed by atoms with Gasteiger partial charge in [0.15, 0.2) is 0 Å². The van der Waals surface area contributed by atoms with E-state index in [-0.39, 0.29) is 5.25 Å². The fraction of sp³-hybridized carbons (Fsp3) is 0.533. The number of aryl methyl sites for hydroxylation is 2. The summed E-state index contributed by atoms with van der Waals surface area (Å²) >= 11 is 1.85. The first-order chi connectivity index (χ1) is 8.33. The summed E-state index contributed by atoms with van der Waals surface area (Å²) in [6.45, 7) is 0. The molecule has 1 unspecified atom stereocenters. The smallest absolute Gasteiger partial charge is 0.150 e. The molecule has 1 aliphatic heterocycles. The molecule has 0 N–H and O–H groups in total. The van der Waals surface area contributed by atoms with Crippen LogP contribution in [0.1, 0.15) is 36.0 Å². The average molecular weight is 246 g/mol. The normalized spacial score (nSPS) is 22.7. The summed E-state index contributed by atoms with van der Waals surface area (Å²) < 4.78 is 0. The van der Waals surface area contributed by atoms with E-state index in [2.05, 4.69) is 18.2 Å². The van der Waals surface area contributed by atoms with E-state index in [9.17, 15) is 4.79 Å². The number of hydrogen-bond acceptors (Lipinski definition) is 2. The predicted octanol–water partition coefficient (Wildman–Crippen LogP) is 3.18. The molecule has 1 aromatic carbocycles. The maximum absolute atomic E-state index is 12.1. The van der Waals surface area contributed by atoms with E-state index in [4.69, 9.17) is 0 Å². The van der Waals surface area contributed by atoms with Crippen LogP contribution in [0.5, 0.6) is 0 Å². The third-order valence-corrected chi connectivity index (χ3v) is 5.26. The molecule has 0 spiro atoms. The second-order valence-corrected chi connectivity index (χ2v) is 6.41. The van der Waals surface area contributed by atoms with Gasteiger partial charge >= 0.3 is 0 Å². The van der Waals surface area contributed by atoms with Gasteiger partial charge in [-0.3, -0.25) is 4.79 Å². The zero-order valence-electron chi connectivity index (χ0n) is 10.1. The molecule has 0 saturated carbocycles. The van der Waals surface area contributed by atoms with Gasteiger partial charge in [0.1, 0.15) is 5.78 Å². The average Bonchev–Trinajstić information content (AvgIpc) is 2.99. The van der Waals surface area contributed by atoms with Gasteiger partial charge in [-0.25, -0.2) is 0 Å². The number of hydrogen-bond donors (Lipinski definition) is 0. The zero-order chi connectivity index (χ0) is 11.7. The van der Waals surface area contributed by atoms with Crippen LogP contribution in [-0.4, -0.2) is 16.8 Å². The van der Waals surface area contributed by atoms with Crippen molar-refractivity contribution in [1.82, 2.24) is 0 Å². The van der Waals surface area contributed by atoms with Crippen molar-refractivity contribution in [3.63, 3.8) is 0 Å². The molecular formula is C15H18OS. The first-order valence-electron chi connectivity index (χ1n) is 6.58. The third kappa shape index (κ3) is 2.42. The second-order valence-electron chi connectivity index (χ2n) is 5.10. The highest BCUT2D eigenvalue weighted by atomic mass is 32.2. The van der Waals surface area contributed by atoms with Crippen LogP contribution in [0.25, 0.3) is 0 Å². The Morgan fingerprint density at radius 1 is 1.24 bits per heavy atom. The Balaban J connectivity index is 1.70. The van der Waals surface area contributed by atoms with Crippen LogP contribution >= 0.6 is 11.8 Å². The van der Waals surface area contributed by atoms with Gasteiger partial charge in [-0.05, 0) is 54.5 Å². The van der Waals surface area contributed by atoms with Crippen LogP contribution in [-0.2, 0) is 24.1 Å². The van der Waals surface area contributed by atoms with E-state index in [1.807, 2.05) is 11.8 Å². The number of thioether (sulfide) groups is 1. The molecule has 1 saturated heterocycles. The highest BCUT2D eigenvalue weighted by Crippen LogP contribution is 2.28. The molecule has 90 valence electrons. The molecule has 1 atom stereocenters. The van der Waals surface area contributed by atoms with E-state index in [1.165, 1.54) is 48.1 Å². The maximum Gasteiger partial charge on any atom is 0.150 e. The minimum atomic E-state index is 0.281. The van der Waals surface area contributed by atoms with Crippen molar-refractivity contribution in [2.24, 2.45) is 0 Å². The molecule has 2 aliphatic rings. The molecular weight excluding hydrogens is 228 g/mol. The quantitative estimate of drug-likeness (QED) is 0.815. The SMILES string of the molecule is O=C(Cc1ccc2c(c1)CCC2)C1CCCS1. The lowest BCUT2D eigenvalue weighted by Gasteiger charge is -2.08. The molecule has 17 heavy (non-hydrogen) atoms. The maximum atomic E-state index is 12.1. The van der Waals surface area contributed by atoms with Gasteiger partial charge in [0, 0.05) is 6.42 Å². The second kappa shape index (κ2) is 4.85. The van der Waals surface area contributed by atoms with E-state index in [0.29, 0.717) is 12.2 Å². The van der Waals surface area contributed by atoms with Gasteiger partial charge in [0.2, 0.25) is 0 Å². The number of carbonyl (C=O) groups excluding carboxylic acids is 1. The lowest BCUT2D eigenvalue weighted by atomic mass is 10.0. The van der Waals surface area contributed by atoms with E-state index >= 15 is 0 Å².